The maximum atomic E-state index is 7.17. The molecular formula is C40H50ClNO3Si. The third-order valence-electron chi connectivity index (χ3n) is 9.55. The molecule has 0 N–H and O–H groups in total. The van der Waals surface area contributed by atoms with E-state index in [-0.39, 0.29) is 17.4 Å². The van der Waals surface area contributed by atoms with E-state index in [2.05, 4.69) is 114 Å². The summed E-state index contributed by atoms with van der Waals surface area (Å²) in [6.07, 6.45) is 8.99. The molecule has 4 nitrogen and oxygen atoms in total. The van der Waals surface area contributed by atoms with E-state index >= 15 is 0 Å². The molecule has 1 fully saturated rings. The van der Waals surface area contributed by atoms with E-state index < -0.39 is 13.9 Å². The molecule has 0 spiro atoms. The van der Waals surface area contributed by atoms with Crippen LogP contribution in [0.15, 0.2) is 78.9 Å². The Bertz CT molecular complexity index is 1650. The number of pyridine rings is 1. The Morgan fingerprint density at radius 1 is 0.935 bits per heavy atom. The Hall–Kier alpha value is -2.80. The quantitative estimate of drug-likeness (QED) is 0.151. The normalized spacial score (nSPS) is 17.1. The van der Waals surface area contributed by atoms with E-state index in [4.69, 9.17) is 30.5 Å². The Labute approximate surface area is 282 Å². The zero-order chi connectivity index (χ0) is 33.0. The van der Waals surface area contributed by atoms with Gasteiger partial charge in [-0.3, -0.25) is 0 Å². The first-order chi connectivity index (χ1) is 21.8. The molecule has 46 heavy (non-hydrogen) atoms. The van der Waals surface area contributed by atoms with Crippen LogP contribution < -0.4 is 0 Å². The zero-order valence-electron chi connectivity index (χ0n) is 28.6. The summed E-state index contributed by atoms with van der Waals surface area (Å²) in [5.74, 6) is 0. The topological polar surface area (TPSA) is 40.6 Å². The van der Waals surface area contributed by atoms with Gasteiger partial charge in [0.25, 0.3) is 0 Å². The number of aromatic nitrogens is 1. The molecule has 4 aromatic rings. The highest BCUT2D eigenvalue weighted by Gasteiger charge is 2.39. The predicted octanol–water partition coefficient (Wildman–Crippen LogP) is 11.5. The summed E-state index contributed by atoms with van der Waals surface area (Å²) in [6, 6.07) is 27.4. The van der Waals surface area contributed by atoms with E-state index in [1.54, 1.807) is 0 Å². The van der Waals surface area contributed by atoms with Crippen molar-refractivity contribution >= 4 is 43.0 Å². The highest BCUT2D eigenvalue weighted by atomic mass is 35.5. The van der Waals surface area contributed by atoms with Crippen LogP contribution in [-0.2, 0) is 25.9 Å². The Balaban J connectivity index is 1.39. The van der Waals surface area contributed by atoms with Crippen molar-refractivity contribution in [3.05, 3.63) is 112 Å². The van der Waals surface area contributed by atoms with Crippen LogP contribution in [-0.4, -0.2) is 26.2 Å². The molecule has 1 saturated heterocycles. The highest BCUT2D eigenvalue weighted by molar-refractivity contribution is 6.74. The van der Waals surface area contributed by atoms with Crippen LogP contribution in [0.4, 0.5) is 0 Å². The second-order valence-electron chi connectivity index (χ2n) is 14.6. The van der Waals surface area contributed by atoms with Gasteiger partial charge in [-0.05, 0) is 117 Å². The van der Waals surface area contributed by atoms with Gasteiger partial charge in [0.05, 0.1) is 22.9 Å². The molecule has 1 aliphatic heterocycles. The molecule has 0 aliphatic carbocycles. The lowest BCUT2D eigenvalue weighted by Gasteiger charge is -2.40. The lowest BCUT2D eigenvalue weighted by Crippen LogP contribution is -2.42. The minimum Gasteiger partial charge on any atom is -0.410 e. The molecular weight excluding hydrogens is 606 g/mol. The lowest BCUT2D eigenvalue weighted by atomic mass is 9.89. The van der Waals surface area contributed by atoms with Crippen molar-refractivity contribution in [3.8, 4) is 0 Å². The van der Waals surface area contributed by atoms with Crippen LogP contribution in [0, 0.1) is 0 Å². The molecule has 2 atom stereocenters. The van der Waals surface area contributed by atoms with Crippen molar-refractivity contribution in [2.75, 3.05) is 6.61 Å². The first kappa shape index (κ1) is 34.5. The molecule has 1 aromatic heterocycles. The number of rotatable bonds is 11. The van der Waals surface area contributed by atoms with Crippen LogP contribution in [0.1, 0.15) is 94.4 Å². The fourth-order valence-corrected chi connectivity index (χ4v) is 7.36. The molecule has 244 valence electrons. The Morgan fingerprint density at radius 3 is 2.48 bits per heavy atom. The third-order valence-corrected chi connectivity index (χ3v) is 14.3. The van der Waals surface area contributed by atoms with E-state index in [9.17, 15) is 0 Å². The first-order valence-corrected chi connectivity index (χ1v) is 20.0. The first-order valence-electron chi connectivity index (χ1n) is 16.7. The molecule has 5 rings (SSSR count). The summed E-state index contributed by atoms with van der Waals surface area (Å²) in [5.41, 5.74) is 6.18. The van der Waals surface area contributed by atoms with Crippen molar-refractivity contribution in [2.24, 2.45) is 0 Å². The molecule has 3 aromatic carbocycles. The molecule has 0 bridgehead atoms. The maximum Gasteiger partial charge on any atom is 0.192 e. The van der Waals surface area contributed by atoms with Crippen molar-refractivity contribution in [1.29, 1.82) is 0 Å². The average Bonchev–Trinajstić information content (AvgIpc) is 3.02. The van der Waals surface area contributed by atoms with E-state index in [1.165, 1.54) is 16.7 Å². The number of halogens is 1. The highest BCUT2D eigenvalue weighted by Crippen LogP contribution is 2.41. The van der Waals surface area contributed by atoms with Gasteiger partial charge in [-0.1, -0.05) is 93.0 Å². The largest absolute Gasteiger partial charge is 0.410 e. The van der Waals surface area contributed by atoms with E-state index in [1.807, 2.05) is 24.3 Å². The van der Waals surface area contributed by atoms with Gasteiger partial charge in [-0.15, -0.1) is 0 Å². The van der Waals surface area contributed by atoms with Crippen LogP contribution in [0.2, 0.25) is 23.2 Å². The fraction of sp³-hybridized carbons (Fsp3) is 0.425. The fourth-order valence-electron chi connectivity index (χ4n) is 5.88. The Morgan fingerprint density at radius 2 is 1.72 bits per heavy atom. The van der Waals surface area contributed by atoms with Gasteiger partial charge in [-0.25, -0.2) is 4.98 Å². The van der Waals surface area contributed by atoms with Gasteiger partial charge in [0.2, 0.25) is 0 Å². The molecule has 0 saturated carbocycles. The van der Waals surface area contributed by atoms with Crippen molar-refractivity contribution < 1.29 is 13.9 Å². The number of hydrogen-bond donors (Lipinski definition) is 0. The lowest BCUT2D eigenvalue weighted by molar-refractivity contribution is -0.219. The summed E-state index contributed by atoms with van der Waals surface area (Å²) >= 11 is 6.22. The number of fused-ring (bicyclic) bond motifs is 1. The van der Waals surface area contributed by atoms with Gasteiger partial charge in [0.15, 0.2) is 14.6 Å². The summed E-state index contributed by atoms with van der Waals surface area (Å²) in [5, 5.41) is 1.87. The maximum absolute atomic E-state index is 7.17. The van der Waals surface area contributed by atoms with Crippen molar-refractivity contribution in [2.45, 2.75) is 103 Å². The van der Waals surface area contributed by atoms with Gasteiger partial charge < -0.3 is 13.9 Å². The molecule has 0 amide bonds. The minimum atomic E-state index is -2.07. The molecule has 2 heterocycles. The summed E-state index contributed by atoms with van der Waals surface area (Å²) in [4.78, 5) is 4.80. The van der Waals surface area contributed by atoms with Crippen molar-refractivity contribution in [3.63, 3.8) is 0 Å². The standard InChI is InChI=1S/C40H50ClNO3Si/c1-39(2,3)46(6,7)45-37(25-21-30-14-8-9-16-35(30)40(4,5)44-38-17-10-11-26-43-38)32-15-12-13-29(27-32)18-23-34-24-20-31-19-22-33(41)28-36(31)42-34/h8-9,12-16,18-20,22-24,27-28,37-38H,10-11,17,21,25-26H2,1-7H3/t37-,38?/m0/s1. The third kappa shape index (κ3) is 8.75. The van der Waals surface area contributed by atoms with Gasteiger partial charge >= 0.3 is 0 Å². The number of benzene rings is 3. The summed E-state index contributed by atoms with van der Waals surface area (Å²) in [6.45, 7) is 16.7. The second-order valence-corrected chi connectivity index (χ2v) is 19.8. The SMILES string of the molecule is CC(C)(OC1CCCCO1)c1ccccc1CC[C@H](O[Si](C)(C)C(C)(C)C)c1cccc(C=Cc2ccc3ccc(Cl)cc3n2)c1. The number of aryl methyl sites for hydroxylation is 1. The van der Waals surface area contributed by atoms with Gasteiger partial charge in [0.1, 0.15) is 0 Å². The number of nitrogens with zero attached hydrogens (tertiary/aromatic N) is 1. The minimum absolute atomic E-state index is 0.0334. The van der Waals surface area contributed by atoms with Crippen LogP contribution in [0.5, 0.6) is 0 Å². The molecule has 0 radical (unpaired) electrons. The smallest absolute Gasteiger partial charge is 0.192 e. The zero-order valence-corrected chi connectivity index (χ0v) is 30.4. The second kappa shape index (κ2) is 14.5. The van der Waals surface area contributed by atoms with Crippen molar-refractivity contribution in [1.82, 2.24) is 4.98 Å². The van der Waals surface area contributed by atoms with Crippen LogP contribution in [0.25, 0.3) is 23.1 Å². The summed E-state index contributed by atoms with van der Waals surface area (Å²) < 4.78 is 19.7. The van der Waals surface area contributed by atoms with E-state index in [0.717, 1.165) is 60.9 Å². The van der Waals surface area contributed by atoms with Crippen LogP contribution in [0.3, 0.4) is 0 Å². The van der Waals surface area contributed by atoms with Gasteiger partial charge in [-0.2, -0.15) is 0 Å². The number of ether oxygens (including phenoxy) is 2. The average molecular weight is 656 g/mol. The monoisotopic (exact) mass is 655 g/mol. The summed E-state index contributed by atoms with van der Waals surface area (Å²) in [7, 11) is -2.07. The van der Waals surface area contributed by atoms with E-state index in [0.29, 0.717) is 5.02 Å². The van der Waals surface area contributed by atoms with Crippen LogP contribution >= 0.6 is 11.6 Å². The molecule has 1 unspecified atom stereocenters. The predicted molar refractivity (Wildman–Crippen MR) is 196 cm³/mol. The number of hydrogen-bond acceptors (Lipinski definition) is 4. The molecule has 1 aliphatic rings. The molecule has 6 heteroatoms. The van der Waals surface area contributed by atoms with Gasteiger partial charge in [0, 0.05) is 17.0 Å². The Kier molecular flexibility index (Phi) is 10.9.